The molecule has 0 aliphatic carbocycles. The Hall–Kier alpha value is 0.170. The molecule has 1 aliphatic heterocycles. The maximum absolute atomic E-state index is 5.27. The van der Waals surface area contributed by atoms with Crippen LogP contribution < -0.4 is 6.15 Å². The molecule has 1 aliphatic rings. The molecule has 3 nitrogen and oxygen atoms in total. The fourth-order valence-corrected chi connectivity index (χ4v) is 0.335. The quantitative estimate of drug-likeness (QED) is 0.418. The van der Waals surface area contributed by atoms with Gasteiger partial charge in [-0.1, -0.05) is 0 Å². The summed E-state index contributed by atoms with van der Waals surface area (Å²) < 4.78 is 4.73. The molecule has 0 saturated carbocycles. The van der Waals surface area contributed by atoms with E-state index >= 15 is 0 Å². The number of ether oxygens (including phenoxy) is 1. The summed E-state index contributed by atoms with van der Waals surface area (Å²) in [6, 6.07) is 0. The number of alkyl halides is 1. The largest absolute Gasteiger partial charge is 0.870 e. The van der Waals surface area contributed by atoms with Gasteiger partial charge in [-0.3, -0.25) is 0 Å². The van der Waals surface area contributed by atoms with Crippen LogP contribution in [0.4, 0.5) is 0 Å². The number of hydrogen-bond donors (Lipinski definition) is 1. The molecule has 0 radical (unpaired) electrons. The number of quaternary nitrogens is 1. The lowest BCUT2D eigenvalue weighted by molar-refractivity contribution is 0.425. The first-order valence-electron chi connectivity index (χ1n) is 1.61. The first-order valence-corrected chi connectivity index (χ1v) is 2.14. The van der Waals surface area contributed by atoms with Gasteiger partial charge in [0.25, 0.3) is 0 Å². The second-order valence-electron chi connectivity index (χ2n) is 1.11. The zero-order chi connectivity index (χ0) is 3.70. The fraction of sp³-hybridized carbons (Fsp3) is 1.00. The summed E-state index contributed by atoms with van der Waals surface area (Å²) in [5.74, 6) is 0.667. The highest BCUT2D eigenvalue weighted by Crippen LogP contribution is 2.08. The lowest BCUT2D eigenvalue weighted by Crippen LogP contribution is -1.80. The van der Waals surface area contributed by atoms with Crippen LogP contribution in [-0.4, -0.2) is 24.1 Å². The summed E-state index contributed by atoms with van der Waals surface area (Å²) >= 11 is 5.27. The lowest BCUT2D eigenvalue weighted by Gasteiger charge is -1.67. The monoisotopic (exact) mass is 127 g/mol. The summed E-state index contributed by atoms with van der Waals surface area (Å²) in [6.07, 6.45) is 0.400. The van der Waals surface area contributed by atoms with Crippen LogP contribution in [0.1, 0.15) is 0 Å². The van der Waals surface area contributed by atoms with E-state index in [1.54, 1.807) is 0 Å². The van der Waals surface area contributed by atoms with Crippen molar-refractivity contribution >= 4 is 11.6 Å². The molecule has 0 aromatic heterocycles. The van der Waals surface area contributed by atoms with E-state index in [9.17, 15) is 0 Å². The number of epoxide rings is 1. The molecule has 1 fully saturated rings. The van der Waals surface area contributed by atoms with E-state index in [0.717, 1.165) is 6.61 Å². The van der Waals surface area contributed by atoms with Crippen molar-refractivity contribution in [1.29, 1.82) is 0 Å². The first kappa shape index (κ1) is 10.2. The summed E-state index contributed by atoms with van der Waals surface area (Å²) in [5, 5.41) is 0. The van der Waals surface area contributed by atoms with Crippen LogP contribution in [0.5, 0.6) is 0 Å². The topological polar surface area (TPSA) is 79.0 Å². The Labute approximate surface area is 47.5 Å². The molecule has 1 saturated heterocycles. The molecule has 1 rings (SSSR count). The van der Waals surface area contributed by atoms with Crippen molar-refractivity contribution in [3.63, 3.8) is 0 Å². The lowest BCUT2D eigenvalue weighted by atomic mass is 10.6. The molecular formula is C3H10ClNO2. The van der Waals surface area contributed by atoms with E-state index in [1.807, 2.05) is 0 Å². The third kappa shape index (κ3) is 4.01. The molecule has 0 bridgehead atoms. The summed E-state index contributed by atoms with van der Waals surface area (Å²) in [6.45, 7) is 0.878. The maximum Gasteiger partial charge on any atom is 0.0944 e. The first-order chi connectivity index (χ1) is 2.43. The molecule has 0 spiro atoms. The highest BCUT2D eigenvalue weighted by molar-refractivity contribution is 6.18. The van der Waals surface area contributed by atoms with Crippen LogP contribution in [0.3, 0.4) is 0 Å². The zero-order valence-corrected chi connectivity index (χ0v) is 4.98. The average Bonchev–Trinajstić information content (AvgIpc) is 2.12. The summed E-state index contributed by atoms with van der Waals surface area (Å²) in [4.78, 5) is 0. The third-order valence-corrected chi connectivity index (χ3v) is 0.919. The molecule has 0 amide bonds. The van der Waals surface area contributed by atoms with Crippen LogP contribution in [0.2, 0.25) is 0 Å². The van der Waals surface area contributed by atoms with E-state index in [0.29, 0.717) is 12.0 Å². The summed E-state index contributed by atoms with van der Waals surface area (Å²) in [5.41, 5.74) is 0. The fourth-order valence-electron chi connectivity index (χ4n) is 0.157. The second kappa shape index (κ2) is 4.33. The average molecular weight is 128 g/mol. The van der Waals surface area contributed by atoms with Crippen molar-refractivity contribution in [2.45, 2.75) is 6.10 Å². The van der Waals surface area contributed by atoms with Crippen molar-refractivity contribution in [2.24, 2.45) is 0 Å². The van der Waals surface area contributed by atoms with Gasteiger partial charge in [0, 0.05) is 0 Å². The molecule has 0 aromatic carbocycles. The van der Waals surface area contributed by atoms with E-state index in [1.165, 1.54) is 0 Å². The Morgan fingerprint density at radius 1 is 1.71 bits per heavy atom. The number of hydrogen-bond acceptors (Lipinski definition) is 2. The standard InChI is InChI=1S/C3H5ClO.H3N.H2O/c4-1-3-2-5-3;;/h3H,1-2H2;1H3;1H2. The van der Waals surface area contributed by atoms with E-state index in [4.69, 9.17) is 16.3 Å². The number of halogens is 1. The highest BCUT2D eigenvalue weighted by Gasteiger charge is 2.19. The molecule has 1 unspecified atom stereocenters. The van der Waals surface area contributed by atoms with E-state index in [2.05, 4.69) is 0 Å². The van der Waals surface area contributed by atoms with Gasteiger partial charge in [0.15, 0.2) is 0 Å². The van der Waals surface area contributed by atoms with Crippen LogP contribution in [0, 0.1) is 0 Å². The van der Waals surface area contributed by atoms with Crippen molar-refractivity contribution in [2.75, 3.05) is 12.5 Å². The van der Waals surface area contributed by atoms with Gasteiger partial charge >= 0.3 is 0 Å². The molecule has 0 aromatic rings. The third-order valence-electron chi connectivity index (χ3n) is 0.574. The molecule has 1 heterocycles. The second-order valence-corrected chi connectivity index (χ2v) is 1.42. The van der Waals surface area contributed by atoms with Crippen LogP contribution >= 0.6 is 11.6 Å². The van der Waals surface area contributed by atoms with Gasteiger partial charge in [0.1, 0.15) is 0 Å². The van der Waals surface area contributed by atoms with E-state index in [-0.39, 0.29) is 11.6 Å². The minimum atomic E-state index is 0. The SMILES string of the molecule is ClCC1CO1.[NH4+].[OH-]. The molecule has 4 heteroatoms. The summed E-state index contributed by atoms with van der Waals surface area (Å²) in [7, 11) is 0. The Morgan fingerprint density at radius 2 is 2.14 bits per heavy atom. The Morgan fingerprint density at radius 3 is 2.14 bits per heavy atom. The van der Waals surface area contributed by atoms with Crippen molar-refractivity contribution in [3.8, 4) is 0 Å². The van der Waals surface area contributed by atoms with Crippen molar-refractivity contribution in [1.82, 2.24) is 6.15 Å². The van der Waals surface area contributed by atoms with Gasteiger partial charge in [-0.05, 0) is 0 Å². The highest BCUT2D eigenvalue weighted by atomic mass is 35.5. The normalized spacial score (nSPS) is 24.4. The predicted octanol–water partition coefficient (Wildman–Crippen LogP) is 0.823. The number of rotatable bonds is 1. The molecule has 46 valence electrons. The molecule has 1 atom stereocenters. The Kier molecular flexibility index (Phi) is 6.32. The van der Waals surface area contributed by atoms with E-state index < -0.39 is 0 Å². The van der Waals surface area contributed by atoms with Crippen LogP contribution in [0.25, 0.3) is 0 Å². The molecule has 7 heavy (non-hydrogen) atoms. The molecular weight excluding hydrogens is 117 g/mol. The van der Waals surface area contributed by atoms with Crippen LogP contribution in [-0.2, 0) is 4.74 Å². The maximum atomic E-state index is 5.27. The predicted molar refractivity (Wildman–Crippen MR) is 28.4 cm³/mol. The van der Waals surface area contributed by atoms with Crippen molar-refractivity contribution < 1.29 is 10.2 Å². The Bertz CT molecular complexity index is 39.9. The zero-order valence-electron chi connectivity index (χ0n) is 4.22. The van der Waals surface area contributed by atoms with Crippen LogP contribution in [0.15, 0.2) is 0 Å². The Balaban J connectivity index is 0. The minimum absolute atomic E-state index is 0. The van der Waals surface area contributed by atoms with Gasteiger partial charge in [-0.2, -0.15) is 0 Å². The van der Waals surface area contributed by atoms with Gasteiger partial charge < -0.3 is 16.4 Å². The van der Waals surface area contributed by atoms with Gasteiger partial charge in [-0.25, -0.2) is 0 Å². The molecule has 5 N–H and O–H groups in total. The minimum Gasteiger partial charge on any atom is -0.870 e. The van der Waals surface area contributed by atoms with Gasteiger partial charge in [-0.15, -0.1) is 11.6 Å². The smallest absolute Gasteiger partial charge is 0.0944 e. The van der Waals surface area contributed by atoms with Crippen molar-refractivity contribution in [3.05, 3.63) is 0 Å². The van der Waals surface area contributed by atoms with Gasteiger partial charge in [0.05, 0.1) is 18.6 Å². The van der Waals surface area contributed by atoms with Gasteiger partial charge in [0.2, 0.25) is 0 Å².